The molecule has 0 unspecified atom stereocenters. The standard InChI is InChI=1S/C10H11Cl2NO4S/c11-6-1-2-7(12)10(3-6)18(16,17)13-4-8(14)9(15)5-13/h1-3,8-9,14-15H,4-5H2/t8-,9+. The van der Waals surface area contributed by atoms with Gasteiger partial charge in [-0.25, -0.2) is 8.42 Å². The Balaban J connectivity index is 2.40. The molecule has 100 valence electrons. The molecule has 2 atom stereocenters. The van der Waals surface area contributed by atoms with E-state index >= 15 is 0 Å². The summed E-state index contributed by atoms with van der Waals surface area (Å²) >= 11 is 11.6. The van der Waals surface area contributed by atoms with E-state index in [9.17, 15) is 18.6 Å². The van der Waals surface area contributed by atoms with E-state index in [1.165, 1.54) is 18.2 Å². The SMILES string of the molecule is O=S(=O)(c1cc(Cl)ccc1Cl)N1C[C@@H](O)[C@@H](O)C1. The van der Waals surface area contributed by atoms with Crippen molar-refractivity contribution in [2.75, 3.05) is 13.1 Å². The van der Waals surface area contributed by atoms with Gasteiger partial charge in [-0.05, 0) is 18.2 Å². The maximum Gasteiger partial charge on any atom is 0.244 e. The van der Waals surface area contributed by atoms with Crippen molar-refractivity contribution >= 4 is 33.2 Å². The first-order valence-electron chi connectivity index (χ1n) is 5.13. The zero-order valence-electron chi connectivity index (χ0n) is 9.12. The van der Waals surface area contributed by atoms with Crippen molar-refractivity contribution in [3.8, 4) is 0 Å². The first-order valence-corrected chi connectivity index (χ1v) is 7.33. The Morgan fingerprint density at radius 3 is 2.28 bits per heavy atom. The average Bonchev–Trinajstić information content (AvgIpc) is 2.63. The zero-order chi connectivity index (χ0) is 13.5. The number of hydrogen-bond acceptors (Lipinski definition) is 4. The number of rotatable bonds is 2. The molecular weight excluding hydrogens is 301 g/mol. The highest BCUT2D eigenvalue weighted by Gasteiger charge is 2.38. The van der Waals surface area contributed by atoms with E-state index in [1.54, 1.807) is 0 Å². The van der Waals surface area contributed by atoms with Crippen LogP contribution in [-0.2, 0) is 10.0 Å². The molecule has 5 nitrogen and oxygen atoms in total. The molecule has 0 bridgehead atoms. The van der Waals surface area contributed by atoms with Crippen LogP contribution in [0.15, 0.2) is 23.1 Å². The van der Waals surface area contributed by atoms with Crippen molar-refractivity contribution in [2.45, 2.75) is 17.1 Å². The number of halogens is 2. The van der Waals surface area contributed by atoms with E-state index in [0.29, 0.717) is 0 Å². The molecule has 0 aliphatic carbocycles. The highest BCUT2D eigenvalue weighted by atomic mass is 35.5. The fraction of sp³-hybridized carbons (Fsp3) is 0.400. The normalized spacial score (nSPS) is 25.6. The summed E-state index contributed by atoms with van der Waals surface area (Å²) in [6.07, 6.45) is -2.17. The maximum absolute atomic E-state index is 12.3. The van der Waals surface area contributed by atoms with Gasteiger partial charge in [0.15, 0.2) is 0 Å². The van der Waals surface area contributed by atoms with Crippen molar-refractivity contribution in [2.24, 2.45) is 0 Å². The van der Waals surface area contributed by atoms with Gasteiger partial charge in [-0.15, -0.1) is 0 Å². The summed E-state index contributed by atoms with van der Waals surface area (Å²) in [5.74, 6) is 0. The van der Waals surface area contributed by atoms with Crippen molar-refractivity contribution in [1.82, 2.24) is 4.31 Å². The predicted molar refractivity (Wildman–Crippen MR) is 67.2 cm³/mol. The van der Waals surface area contributed by atoms with Gasteiger partial charge >= 0.3 is 0 Å². The Morgan fingerprint density at radius 1 is 1.17 bits per heavy atom. The molecule has 1 saturated heterocycles. The molecule has 0 saturated carbocycles. The van der Waals surface area contributed by atoms with Crippen LogP contribution in [0.4, 0.5) is 0 Å². The number of β-amino-alcohol motifs (C(OH)–C–C–N with tert-alkyl or cyclic N) is 2. The molecule has 18 heavy (non-hydrogen) atoms. The largest absolute Gasteiger partial charge is 0.389 e. The Morgan fingerprint density at radius 2 is 1.72 bits per heavy atom. The van der Waals surface area contributed by atoms with E-state index in [2.05, 4.69) is 0 Å². The number of nitrogens with zero attached hydrogens (tertiary/aromatic N) is 1. The van der Waals surface area contributed by atoms with Gasteiger partial charge in [0.2, 0.25) is 10.0 Å². The minimum atomic E-state index is -3.86. The lowest BCUT2D eigenvalue weighted by Crippen LogP contribution is -2.30. The van der Waals surface area contributed by atoms with Gasteiger partial charge in [-0.3, -0.25) is 0 Å². The first-order chi connectivity index (χ1) is 8.32. The second-order valence-electron chi connectivity index (χ2n) is 4.03. The van der Waals surface area contributed by atoms with Crippen molar-refractivity contribution in [1.29, 1.82) is 0 Å². The highest BCUT2D eigenvalue weighted by molar-refractivity contribution is 7.89. The molecule has 1 aliphatic rings. The van der Waals surface area contributed by atoms with Crippen LogP contribution in [0.3, 0.4) is 0 Å². The molecule has 8 heteroatoms. The summed E-state index contributed by atoms with van der Waals surface area (Å²) in [6, 6.07) is 4.12. The predicted octanol–water partition coefficient (Wildman–Crippen LogP) is 0.720. The fourth-order valence-electron chi connectivity index (χ4n) is 1.75. The Labute approximate surface area is 115 Å². The molecule has 2 N–H and O–H groups in total. The molecule has 0 radical (unpaired) electrons. The third kappa shape index (κ3) is 2.49. The number of benzene rings is 1. The van der Waals surface area contributed by atoms with Crippen LogP contribution in [0.1, 0.15) is 0 Å². The quantitative estimate of drug-likeness (QED) is 0.843. The number of sulfonamides is 1. The minimum absolute atomic E-state index is 0.0512. The maximum atomic E-state index is 12.3. The lowest BCUT2D eigenvalue weighted by atomic mass is 10.3. The van der Waals surface area contributed by atoms with E-state index < -0.39 is 22.2 Å². The van der Waals surface area contributed by atoms with Gasteiger partial charge in [0.05, 0.1) is 17.2 Å². The highest BCUT2D eigenvalue weighted by Crippen LogP contribution is 2.29. The van der Waals surface area contributed by atoms with Crippen LogP contribution in [0.5, 0.6) is 0 Å². The van der Waals surface area contributed by atoms with Crippen LogP contribution < -0.4 is 0 Å². The smallest absolute Gasteiger partial charge is 0.244 e. The van der Waals surface area contributed by atoms with Gasteiger partial charge in [0.1, 0.15) is 4.90 Å². The van der Waals surface area contributed by atoms with Crippen LogP contribution in [0.2, 0.25) is 10.0 Å². The molecule has 1 aromatic rings. The number of aliphatic hydroxyl groups excluding tert-OH is 2. The van der Waals surface area contributed by atoms with Crippen LogP contribution >= 0.6 is 23.2 Å². The van der Waals surface area contributed by atoms with E-state index in [4.69, 9.17) is 23.2 Å². The summed E-state index contributed by atoms with van der Waals surface area (Å²) in [7, 11) is -3.86. The topological polar surface area (TPSA) is 77.8 Å². The van der Waals surface area contributed by atoms with E-state index in [0.717, 1.165) is 4.31 Å². The summed E-state index contributed by atoms with van der Waals surface area (Å²) < 4.78 is 25.5. The third-order valence-corrected chi connectivity index (χ3v) is 5.28. The zero-order valence-corrected chi connectivity index (χ0v) is 11.5. The van der Waals surface area contributed by atoms with Crippen LogP contribution in [0, 0.1) is 0 Å². The lowest BCUT2D eigenvalue weighted by Gasteiger charge is -2.16. The van der Waals surface area contributed by atoms with Crippen molar-refractivity contribution in [3.05, 3.63) is 28.2 Å². The summed E-state index contributed by atoms with van der Waals surface area (Å²) in [4.78, 5) is -0.127. The monoisotopic (exact) mass is 311 g/mol. The van der Waals surface area contributed by atoms with Crippen molar-refractivity contribution in [3.63, 3.8) is 0 Å². The van der Waals surface area contributed by atoms with E-state index in [-0.39, 0.29) is 28.0 Å². The summed E-state index contributed by atoms with van der Waals surface area (Å²) in [5, 5.41) is 19.1. The molecule has 2 rings (SSSR count). The second-order valence-corrected chi connectivity index (χ2v) is 6.78. The third-order valence-electron chi connectivity index (χ3n) is 2.74. The lowest BCUT2D eigenvalue weighted by molar-refractivity contribution is 0.0572. The van der Waals surface area contributed by atoms with Gasteiger partial charge in [-0.1, -0.05) is 23.2 Å². The van der Waals surface area contributed by atoms with Gasteiger partial charge in [0.25, 0.3) is 0 Å². The summed E-state index contributed by atoms with van der Waals surface area (Å²) in [5.41, 5.74) is 0. The number of aliphatic hydroxyl groups is 2. The Bertz CT molecular complexity index is 553. The fourth-order valence-corrected chi connectivity index (χ4v) is 3.96. The number of hydrogen-bond donors (Lipinski definition) is 2. The molecule has 0 aromatic heterocycles. The Hall–Kier alpha value is -0.370. The van der Waals surface area contributed by atoms with E-state index in [1.807, 2.05) is 0 Å². The molecule has 0 amide bonds. The molecule has 1 heterocycles. The first kappa shape index (κ1) is 14.0. The molecular formula is C10H11Cl2NO4S. The minimum Gasteiger partial charge on any atom is -0.389 e. The molecule has 1 aromatic carbocycles. The Kier molecular flexibility index (Phi) is 3.87. The van der Waals surface area contributed by atoms with Crippen molar-refractivity contribution < 1.29 is 18.6 Å². The molecule has 0 spiro atoms. The average molecular weight is 312 g/mol. The summed E-state index contributed by atoms with van der Waals surface area (Å²) in [6.45, 7) is -0.321. The van der Waals surface area contributed by atoms with Gasteiger partial charge < -0.3 is 10.2 Å². The molecule has 1 fully saturated rings. The van der Waals surface area contributed by atoms with Crippen LogP contribution in [-0.4, -0.2) is 48.2 Å². The molecule has 1 aliphatic heterocycles. The van der Waals surface area contributed by atoms with Gasteiger partial charge in [-0.2, -0.15) is 4.31 Å². The second kappa shape index (κ2) is 4.96. The van der Waals surface area contributed by atoms with Gasteiger partial charge in [0, 0.05) is 18.1 Å². The van der Waals surface area contributed by atoms with Crippen LogP contribution in [0.25, 0.3) is 0 Å².